The monoisotopic (exact) mass is 386 g/mol. The number of nitrogens with one attached hydrogen (secondary N) is 1. The second kappa shape index (κ2) is 8.15. The molecule has 3 nitrogen and oxygen atoms in total. The number of hydrogen-bond acceptors (Lipinski definition) is 3. The van der Waals surface area contributed by atoms with Gasteiger partial charge in [0.15, 0.2) is 0 Å². The van der Waals surface area contributed by atoms with E-state index in [0.29, 0.717) is 6.54 Å². The minimum atomic E-state index is -1.18. The maximum absolute atomic E-state index is 11.0. The van der Waals surface area contributed by atoms with Gasteiger partial charge in [-0.15, -0.1) is 11.8 Å². The Balaban J connectivity index is 2.92. The van der Waals surface area contributed by atoms with Gasteiger partial charge in [-0.2, -0.15) is 0 Å². The third-order valence-corrected chi connectivity index (χ3v) is 5.31. The van der Waals surface area contributed by atoms with Crippen LogP contribution in [0.15, 0.2) is 27.7 Å². The van der Waals surface area contributed by atoms with Gasteiger partial charge in [0, 0.05) is 29.7 Å². The second-order valence-corrected chi connectivity index (χ2v) is 13.2. The van der Waals surface area contributed by atoms with Crippen molar-refractivity contribution in [2.45, 2.75) is 33.1 Å². The lowest BCUT2D eigenvalue weighted by atomic mass is 10.1. The van der Waals surface area contributed by atoms with Crippen LogP contribution in [0.1, 0.15) is 18.1 Å². The van der Waals surface area contributed by atoms with Gasteiger partial charge in [-0.25, -0.2) is 0 Å². The fourth-order valence-corrected chi connectivity index (χ4v) is 3.45. The van der Waals surface area contributed by atoms with Crippen LogP contribution < -0.4 is 5.32 Å². The van der Waals surface area contributed by atoms with Crippen molar-refractivity contribution in [3.05, 3.63) is 33.8 Å². The molecule has 0 unspecified atom stereocenters. The molecule has 1 N–H and O–H groups in total. The molecule has 1 amide bonds. The maximum Gasteiger partial charge on any atom is 0.217 e. The number of hydrogen-bond donors (Lipinski definition) is 1. The van der Waals surface area contributed by atoms with Gasteiger partial charge in [-0.05, 0) is 17.9 Å². The summed E-state index contributed by atoms with van der Waals surface area (Å²) >= 11 is 5.26. The molecule has 116 valence electrons. The van der Waals surface area contributed by atoms with E-state index < -0.39 is 8.07 Å². The van der Waals surface area contributed by atoms with Crippen LogP contribution in [-0.2, 0) is 11.3 Å². The quantitative estimate of drug-likeness (QED) is 0.470. The molecule has 0 aliphatic heterocycles. The summed E-state index contributed by atoms with van der Waals surface area (Å²) in [7, 11) is -1.18. The number of aliphatic imine (C=N–C) groups is 1. The molecule has 0 saturated carbocycles. The Morgan fingerprint density at radius 3 is 2.52 bits per heavy atom. The summed E-state index contributed by atoms with van der Waals surface area (Å²) in [5.74, 6) is -0.0209. The first-order valence-electron chi connectivity index (χ1n) is 6.84. The minimum absolute atomic E-state index is 0.0209. The summed E-state index contributed by atoms with van der Waals surface area (Å²) in [6.07, 6.45) is 3.00. The molecule has 0 saturated heterocycles. The summed E-state index contributed by atoms with van der Waals surface area (Å²) < 4.78 is 1.00. The van der Waals surface area contributed by atoms with Crippen LogP contribution in [0.3, 0.4) is 0 Å². The highest BCUT2D eigenvalue weighted by Gasteiger charge is 2.13. The molecule has 0 aromatic heterocycles. The third kappa shape index (κ3) is 6.80. The standard InChI is InChI=1S/C15H23BrN2OSSi/c1-11(19)17-9-13-7-6-12(8-14(13)16)15(20-2)18-10-21(3,4)5/h6-8H,9-10H2,1-5H3,(H,17,19)/b18-15-. The Labute approximate surface area is 141 Å². The lowest BCUT2D eigenvalue weighted by Gasteiger charge is -2.14. The SMILES string of the molecule is CS/C(=N\C[Si](C)(C)C)c1ccc(CNC(C)=O)c(Br)c1. The Hall–Kier alpha value is -0.593. The first-order valence-corrected chi connectivity index (χ1v) is 12.6. The number of carbonyl (C=O) groups excluding carboxylic acids is 1. The topological polar surface area (TPSA) is 41.5 Å². The van der Waals surface area contributed by atoms with Crippen LogP contribution in [0.25, 0.3) is 0 Å². The van der Waals surface area contributed by atoms with Crippen molar-refractivity contribution < 1.29 is 4.79 Å². The van der Waals surface area contributed by atoms with Crippen LogP contribution in [0.5, 0.6) is 0 Å². The van der Waals surface area contributed by atoms with Gasteiger partial charge in [0.2, 0.25) is 5.91 Å². The first kappa shape index (κ1) is 18.5. The number of halogens is 1. The fraction of sp³-hybridized carbons (Fsp3) is 0.467. The van der Waals surface area contributed by atoms with Crippen molar-refractivity contribution in [3.63, 3.8) is 0 Å². The van der Waals surface area contributed by atoms with E-state index in [1.54, 1.807) is 11.8 Å². The molecule has 0 aliphatic carbocycles. The average molecular weight is 387 g/mol. The van der Waals surface area contributed by atoms with Crippen molar-refractivity contribution in [1.82, 2.24) is 5.32 Å². The predicted molar refractivity (Wildman–Crippen MR) is 99.9 cm³/mol. The number of amides is 1. The maximum atomic E-state index is 11.0. The van der Waals surface area contributed by atoms with Gasteiger partial charge < -0.3 is 5.32 Å². The number of nitrogens with zero attached hydrogens (tertiary/aromatic N) is 1. The molecule has 0 radical (unpaired) electrons. The van der Waals surface area contributed by atoms with Crippen molar-refractivity contribution in [2.24, 2.45) is 4.99 Å². The largest absolute Gasteiger partial charge is 0.352 e. The van der Waals surface area contributed by atoms with Gasteiger partial charge in [-0.1, -0.05) is 47.7 Å². The van der Waals surface area contributed by atoms with Crippen LogP contribution >= 0.6 is 27.7 Å². The molecule has 0 fully saturated rings. The Bertz CT molecular complexity index is 541. The highest BCUT2D eigenvalue weighted by molar-refractivity contribution is 9.10. The smallest absolute Gasteiger partial charge is 0.217 e. The van der Waals surface area contributed by atoms with Crippen molar-refractivity contribution >= 4 is 46.7 Å². The predicted octanol–water partition coefficient (Wildman–Crippen LogP) is 4.07. The summed E-state index contributed by atoms with van der Waals surface area (Å²) in [4.78, 5) is 15.8. The lowest BCUT2D eigenvalue weighted by Crippen LogP contribution is -2.25. The van der Waals surface area contributed by atoms with E-state index >= 15 is 0 Å². The Morgan fingerprint density at radius 2 is 2.05 bits per heavy atom. The van der Waals surface area contributed by atoms with E-state index in [0.717, 1.165) is 26.8 Å². The van der Waals surface area contributed by atoms with Gasteiger partial charge >= 0.3 is 0 Å². The van der Waals surface area contributed by atoms with Gasteiger partial charge in [-0.3, -0.25) is 9.79 Å². The third-order valence-electron chi connectivity index (χ3n) is 2.72. The summed E-state index contributed by atoms with van der Waals surface area (Å²) in [5, 5.41) is 3.88. The highest BCUT2D eigenvalue weighted by atomic mass is 79.9. The summed E-state index contributed by atoms with van der Waals surface area (Å²) in [5.41, 5.74) is 2.19. The molecule has 1 rings (SSSR count). The van der Waals surface area contributed by atoms with Crippen molar-refractivity contribution in [2.75, 3.05) is 12.4 Å². The van der Waals surface area contributed by atoms with Crippen molar-refractivity contribution in [3.8, 4) is 0 Å². The van der Waals surface area contributed by atoms with Gasteiger partial charge in [0.05, 0.1) is 13.1 Å². The van der Waals surface area contributed by atoms with Crippen LogP contribution in [0.2, 0.25) is 19.6 Å². The van der Waals surface area contributed by atoms with E-state index in [2.05, 4.69) is 59.3 Å². The number of benzene rings is 1. The van der Waals surface area contributed by atoms with Gasteiger partial charge in [0.1, 0.15) is 0 Å². The number of carbonyl (C=O) groups is 1. The average Bonchev–Trinajstić information content (AvgIpc) is 2.37. The van der Waals surface area contributed by atoms with E-state index in [1.807, 2.05) is 6.07 Å². The molecule has 1 aromatic carbocycles. The zero-order valence-electron chi connectivity index (χ0n) is 13.3. The molecular weight excluding hydrogens is 364 g/mol. The first-order chi connectivity index (χ1) is 9.73. The zero-order valence-corrected chi connectivity index (χ0v) is 16.7. The van der Waals surface area contributed by atoms with Gasteiger partial charge in [0.25, 0.3) is 0 Å². The second-order valence-electron chi connectivity index (χ2n) is 6.10. The highest BCUT2D eigenvalue weighted by Crippen LogP contribution is 2.22. The minimum Gasteiger partial charge on any atom is -0.352 e. The molecule has 6 heteroatoms. The molecule has 0 atom stereocenters. The molecule has 0 bridgehead atoms. The molecule has 21 heavy (non-hydrogen) atoms. The summed E-state index contributed by atoms with van der Waals surface area (Å²) in [6.45, 7) is 9.02. The van der Waals surface area contributed by atoms with E-state index in [1.165, 1.54) is 6.92 Å². The van der Waals surface area contributed by atoms with Crippen LogP contribution in [-0.4, -0.2) is 31.4 Å². The lowest BCUT2D eigenvalue weighted by molar-refractivity contribution is -0.119. The summed E-state index contributed by atoms with van der Waals surface area (Å²) in [6, 6.07) is 6.19. The van der Waals surface area contributed by atoms with Crippen molar-refractivity contribution in [1.29, 1.82) is 0 Å². The molecule has 0 aliphatic rings. The molecule has 0 heterocycles. The van der Waals surface area contributed by atoms with E-state index in [4.69, 9.17) is 4.99 Å². The fourth-order valence-electron chi connectivity index (χ4n) is 1.63. The van der Waals surface area contributed by atoms with E-state index in [-0.39, 0.29) is 5.91 Å². The Morgan fingerprint density at radius 1 is 1.38 bits per heavy atom. The number of rotatable bonds is 5. The number of thioether (sulfide) groups is 1. The normalized spacial score (nSPS) is 12.4. The molecule has 0 spiro atoms. The van der Waals surface area contributed by atoms with Crippen LogP contribution in [0.4, 0.5) is 0 Å². The van der Waals surface area contributed by atoms with Crippen LogP contribution in [0, 0.1) is 0 Å². The van der Waals surface area contributed by atoms with E-state index in [9.17, 15) is 4.79 Å². The molecule has 1 aromatic rings. The zero-order chi connectivity index (χ0) is 16.0. The molecular formula is C15H23BrN2OSSi. The Kier molecular flexibility index (Phi) is 7.16.